The number of halogens is 2. The minimum Gasteiger partial charge on any atom is -0.497 e. The number of hydrogen-bond acceptors (Lipinski definition) is 5. The number of methoxy groups -OCH3 is 1. The first-order chi connectivity index (χ1) is 16.5. The molecule has 1 amide bonds. The zero-order chi connectivity index (χ0) is 24.1. The number of carbonyl (C=O) groups is 1. The number of anilines is 1. The van der Waals surface area contributed by atoms with Crippen LogP contribution in [0.15, 0.2) is 66.7 Å². The second-order valence-corrected chi connectivity index (χ2v) is 8.27. The number of para-hydroxylation sites is 2. The molecule has 0 radical (unpaired) electrons. The van der Waals surface area contributed by atoms with Crippen LogP contribution in [0.5, 0.6) is 11.5 Å². The molecule has 4 rings (SSSR count). The normalized spacial score (nSPS) is 11.1. The van der Waals surface area contributed by atoms with Gasteiger partial charge in [0.05, 0.1) is 23.9 Å². The standard InChI is InChI=1S/C25H23F2N3O3S/c1-32-18-10-7-16(8-11-18)19-13-17(9-12-22(19)33-25(26)27)28-24(31)14-30-21-6-4-3-5-20(21)29-23(30)15-34-2/h3-13,25H,14-15H2,1-2H3,(H,28,31). The molecule has 4 aromatic rings. The number of carbonyl (C=O) groups excluding carboxylic acids is 1. The maximum absolute atomic E-state index is 13.0. The summed E-state index contributed by atoms with van der Waals surface area (Å²) in [7, 11) is 1.55. The topological polar surface area (TPSA) is 65.4 Å². The Hall–Kier alpha value is -3.59. The second kappa shape index (κ2) is 10.6. The Morgan fingerprint density at radius 2 is 1.88 bits per heavy atom. The van der Waals surface area contributed by atoms with Crippen molar-refractivity contribution in [2.45, 2.75) is 18.9 Å². The number of aromatic nitrogens is 2. The van der Waals surface area contributed by atoms with Crippen molar-refractivity contribution in [1.29, 1.82) is 0 Å². The Morgan fingerprint density at radius 1 is 1.12 bits per heavy atom. The van der Waals surface area contributed by atoms with Crippen LogP contribution in [0.3, 0.4) is 0 Å². The Bertz CT molecular complexity index is 1290. The molecular weight excluding hydrogens is 460 g/mol. The number of alkyl halides is 2. The first-order valence-electron chi connectivity index (χ1n) is 10.4. The third-order valence-corrected chi connectivity index (χ3v) is 5.74. The summed E-state index contributed by atoms with van der Waals surface area (Å²) in [5.41, 5.74) is 3.25. The summed E-state index contributed by atoms with van der Waals surface area (Å²) in [6, 6.07) is 19.2. The molecule has 1 heterocycles. The van der Waals surface area contributed by atoms with E-state index in [9.17, 15) is 13.6 Å². The third kappa shape index (κ3) is 5.31. The van der Waals surface area contributed by atoms with E-state index in [1.807, 2.05) is 35.1 Å². The van der Waals surface area contributed by atoms with E-state index in [1.165, 1.54) is 12.1 Å². The van der Waals surface area contributed by atoms with Gasteiger partial charge >= 0.3 is 6.61 Å². The summed E-state index contributed by atoms with van der Waals surface area (Å²) >= 11 is 1.62. The van der Waals surface area contributed by atoms with Gasteiger partial charge in [-0.1, -0.05) is 24.3 Å². The lowest BCUT2D eigenvalue weighted by atomic mass is 10.0. The van der Waals surface area contributed by atoms with Crippen LogP contribution in [0.1, 0.15) is 5.82 Å². The molecule has 0 aliphatic heterocycles. The summed E-state index contributed by atoms with van der Waals surface area (Å²) in [6.07, 6.45) is 1.98. The van der Waals surface area contributed by atoms with E-state index in [2.05, 4.69) is 10.3 Å². The van der Waals surface area contributed by atoms with Crippen LogP contribution in [0, 0.1) is 0 Å². The fourth-order valence-corrected chi connectivity index (χ4v) is 4.17. The first kappa shape index (κ1) is 23.6. The van der Waals surface area contributed by atoms with E-state index >= 15 is 0 Å². The summed E-state index contributed by atoms with van der Waals surface area (Å²) in [5, 5.41) is 2.87. The monoisotopic (exact) mass is 483 g/mol. The van der Waals surface area contributed by atoms with Gasteiger partial charge in [0.2, 0.25) is 5.91 Å². The summed E-state index contributed by atoms with van der Waals surface area (Å²) in [5.74, 6) is 1.87. The molecule has 1 N–H and O–H groups in total. The van der Waals surface area contributed by atoms with Crippen molar-refractivity contribution in [2.75, 3.05) is 18.7 Å². The van der Waals surface area contributed by atoms with Crippen molar-refractivity contribution in [3.05, 3.63) is 72.6 Å². The highest BCUT2D eigenvalue weighted by Gasteiger charge is 2.16. The van der Waals surface area contributed by atoms with E-state index < -0.39 is 6.61 Å². The van der Waals surface area contributed by atoms with Gasteiger partial charge in [-0.15, -0.1) is 0 Å². The van der Waals surface area contributed by atoms with Gasteiger partial charge in [0.1, 0.15) is 23.9 Å². The Kier molecular flexibility index (Phi) is 7.32. The Morgan fingerprint density at radius 3 is 2.59 bits per heavy atom. The smallest absolute Gasteiger partial charge is 0.387 e. The summed E-state index contributed by atoms with van der Waals surface area (Å²) in [4.78, 5) is 17.6. The molecule has 0 unspecified atom stereocenters. The van der Waals surface area contributed by atoms with Gasteiger partial charge in [-0.3, -0.25) is 4.79 Å². The zero-order valence-electron chi connectivity index (χ0n) is 18.6. The van der Waals surface area contributed by atoms with Crippen molar-refractivity contribution in [1.82, 2.24) is 9.55 Å². The maximum atomic E-state index is 13.0. The van der Waals surface area contributed by atoms with Gasteiger partial charge in [-0.05, 0) is 54.3 Å². The fraction of sp³-hybridized carbons (Fsp3) is 0.200. The lowest BCUT2D eigenvalue weighted by Gasteiger charge is -2.14. The predicted molar refractivity (Wildman–Crippen MR) is 131 cm³/mol. The van der Waals surface area contributed by atoms with Gasteiger partial charge in [0.25, 0.3) is 0 Å². The van der Waals surface area contributed by atoms with Crippen LogP contribution in [0.25, 0.3) is 22.2 Å². The van der Waals surface area contributed by atoms with Crippen LogP contribution in [-0.2, 0) is 17.1 Å². The van der Waals surface area contributed by atoms with Crippen LogP contribution in [0.4, 0.5) is 14.5 Å². The van der Waals surface area contributed by atoms with Gasteiger partial charge in [-0.25, -0.2) is 4.98 Å². The first-order valence-corrected chi connectivity index (χ1v) is 11.8. The number of fused-ring (bicyclic) bond motifs is 1. The van der Waals surface area contributed by atoms with Crippen molar-refractivity contribution in [2.24, 2.45) is 0 Å². The zero-order valence-corrected chi connectivity index (χ0v) is 19.4. The molecule has 9 heteroatoms. The molecule has 0 fully saturated rings. The van der Waals surface area contributed by atoms with E-state index in [4.69, 9.17) is 9.47 Å². The molecule has 0 atom stereocenters. The van der Waals surface area contributed by atoms with E-state index in [0.717, 1.165) is 16.9 Å². The molecule has 1 aromatic heterocycles. The highest BCUT2D eigenvalue weighted by molar-refractivity contribution is 7.97. The number of benzene rings is 3. The highest BCUT2D eigenvalue weighted by Crippen LogP contribution is 2.34. The molecule has 0 saturated heterocycles. The van der Waals surface area contributed by atoms with Crippen molar-refractivity contribution < 1.29 is 23.0 Å². The number of nitrogens with zero attached hydrogens (tertiary/aromatic N) is 2. The fourth-order valence-electron chi connectivity index (χ4n) is 3.69. The van der Waals surface area contributed by atoms with Crippen LogP contribution < -0.4 is 14.8 Å². The molecule has 0 aliphatic carbocycles. The van der Waals surface area contributed by atoms with Crippen molar-refractivity contribution in [3.8, 4) is 22.6 Å². The van der Waals surface area contributed by atoms with Crippen LogP contribution in [0.2, 0.25) is 0 Å². The quantitative estimate of drug-likeness (QED) is 0.325. The van der Waals surface area contributed by atoms with Gasteiger partial charge in [0, 0.05) is 11.3 Å². The van der Waals surface area contributed by atoms with Crippen molar-refractivity contribution in [3.63, 3.8) is 0 Å². The predicted octanol–water partition coefficient (Wildman–Crippen LogP) is 5.82. The highest BCUT2D eigenvalue weighted by atomic mass is 32.2. The lowest BCUT2D eigenvalue weighted by Crippen LogP contribution is -2.20. The van der Waals surface area contributed by atoms with Crippen LogP contribution >= 0.6 is 11.8 Å². The molecule has 6 nitrogen and oxygen atoms in total. The van der Waals surface area contributed by atoms with Crippen molar-refractivity contribution >= 4 is 34.4 Å². The number of nitrogens with one attached hydrogen (secondary N) is 1. The molecule has 0 bridgehead atoms. The largest absolute Gasteiger partial charge is 0.497 e. The minimum absolute atomic E-state index is 0.0148. The number of amides is 1. The average Bonchev–Trinajstić information content (AvgIpc) is 3.17. The molecule has 0 aliphatic rings. The molecular formula is C25H23F2N3O3S. The Balaban J connectivity index is 1.61. The van der Waals surface area contributed by atoms with Gasteiger partial charge in [-0.2, -0.15) is 20.5 Å². The van der Waals surface area contributed by atoms with Gasteiger partial charge < -0.3 is 19.4 Å². The van der Waals surface area contributed by atoms with Gasteiger partial charge in [0.15, 0.2) is 0 Å². The molecule has 0 saturated carbocycles. The minimum atomic E-state index is -2.97. The average molecular weight is 484 g/mol. The van der Waals surface area contributed by atoms with E-state index in [-0.39, 0.29) is 18.2 Å². The molecule has 34 heavy (non-hydrogen) atoms. The molecule has 176 valence electrons. The number of imidazole rings is 1. The van der Waals surface area contributed by atoms with E-state index in [0.29, 0.717) is 28.3 Å². The van der Waals surface area contributed by atoms with Crippen LogP contribution in [-0.4, -0.2) is 35.4 Å². The summed E-state index contributed by atoms with van der Waals surface area (Å²) < 4.78 is 37.7. The summed E-state index contributed by atoms with van der Waals surface area (Å²) in [6.45, 7) is -2.90. The number of ether oxygens (including phenoxy) is 2. The lowest BCUT2D eigenvalue weighted by molar-refractivity contribution is -0.116. The number of rotatable bonds is 9. The third-order valence-electron chi connectivity index (χ3n) is 5.19. The Labute approximate surface area is 199 Å². The van der Waals surface area contributed by atoms with E-state index in [1.54, 1.807) is 49.2 Å². The number of hydrogen-bond donors (Lipinski definition) is 1. The maximum Gasteiger partial charge on any atom is 0.387 e. The SMILES string of the molecule is COc1ccc(-c2cc(NC(=O)Cn3c(CSC)nc4ccccc43)ccc2OC(F)F)cc1. The number of thioether (sulfide) groups is 1. The second-order valence-electron chi connectivity index (χ2n) is 7.40. The molecule has 0 spiro atoms. The molecule has 3 aromatic carbocycles.